The van der Waals surface area contributed by atoms with Crippen molar-refractivity contribution >= 4 is 43.6 Å². The molecule has 13 aromatic carbocycles. The van der Waals surface area contributed by atoms with E-state index in [1.165, 1.54) is 54.9 Å². The molecule has 0 radical (unpaired) electrons. The molecule has 93 heavy (non-hydrogen) atoms. The molecule has 0 aliphatic rings. The zero-order chi connectivity index (χ0) is 61.8. The molecule has 4 aromatic heterocycles. The molecule has 0 saturated heterocycles. The van der Waals surface area contributed by atoms with E-state index >= 15 is 0 Å². The maximum absolute atomic E-state index is 5.23. The van der Waals surface area contributed by atoms with Gasteiger partial charge in [0, 0.05) is 60.7 Å². The Bertz CT molecular complexity index is 5400. The van der Waals surface area contributed by atoms with Crippen LogP contribution < -0.4 is 0 Å². The Kier molecular flexibility index (Phi) is 13.7. The molecule has 17 rings (SSSR count). The predicted octanol–water partition coefficient (Wildman–Crippen LogP) is 22.4. The second kappa shape index (κ2) is 23.2. The van der Waals surface area contributed by atoms with E-state index in [0.29, 0.717) is 17.5 Å². The van der Waals surface area contributed by atoms with Gasteiger partial charge in [-0.1, -0.05) is 243 Å². The monoisotopic (exact) mass is 1190 g/mol. The van der Waals surface area contributed by atoms with Gasteiger partial charge in [0.1, 0.15) is 0 Å². The smallest absolute Gasteiger partial charge is 0.164 e. The van der Waals surface area contributed by atoms with Crippen LogP contribution in [0.1, 0.15) is 5.69 Å². The number of aryl methyl sites for hydroxylation is 1. The number of hydrogen-bond acceptors (Lipinski definition) is 4. The first kappa shape index (κ1) is 54.7. The lowest BCUT2D eigenvalue weighted by Gasteiger charge is -2.19. The van der Waals surface area contributed by atoms with Crippen LogP contribution in [0.5, 0.6) is 0 Å². The lowest BCUT2D eigenvalue weighted by atomic mass is 9.91. The molecule has 0 amide bonds. The molecule has 0 aliphatic carbocycles. The maximum Gasteiger partial charge on any atom is 0.164 e. The van der Waals surface area contributed by atoms with E-state index < -0.39 is 0 Å². The molecule has 0 bridgehead atoms. The van der Waals surface area contributed by atoms with Crippen LogP contribution in [0.25, 0.3) is 167 Å². The van der Waals surface area contributed by atoms with Gasteiger partial charge < -0.3 is 9.13 Å². The summed E-state index contributed by atoms with van der Waals surface area (Å²) in [5.41, 5.74) is 25.7. The van der Waals surface area contributed by atoms with Gasteiger partial charge in [-0.25, -0.2) is 15.0 Å². The molecule has 0 spiro atoms. The first-order valence-corrected chi connectivity index (χ1v) is 31.6. The van der Waals surface area contributed by atoms with Crippen molar-refractivity contribution < 1.29 is 0 Å². The van der Waals surface area contributed by atoms with Gasteiger partial charge in [-0.15, -0.1) is 0 Å². The van der Waals surface area contributed by atoms with Crippen molar-refractivity contribution in [1.82, 2.24) is 29.1 Å². The second-order valence-electron chi connectivity index (χ2n) is 23.8. The summed E-state index contributed by atoms with van der Waals surface area (Å²) in [5.74, 6) is 1.79. The van der Waals surface area contributed by atoms with Crippen LogP contribution in [0.15, 0.2) is 334 Å². The van der Waals surface area contributed by atoms with Crippen molar-refractivity contribution in [3.63, 3.8) is 0 Å². The average Bonchev–Trinajstić information content (AvgIpc) is 1.61. The Balaban J connectivity index is 0.893. The lowest BCUT2D eigenvalue weighted by molar-refractivity contribution is 1.07. The van der Waals surface area contributed by atoms with Gasteiger partial charge in [0.05, 0.1) is 33.4 Å². The Morgan fingerprint density at radius 2 is 0.570 bits per heavy atom. The normalized spacial score (nSPS) is 11.5. The van der Waals surface area contributed by atoms with Crippen molar-refractivity contribution in [3.05, 3.63) is 339 Å². The standard InChI is InChI=1S/C87H58N6/c1-57-21-20-34-79(88-57)72-45-37-70(87-90-85(63-30-16-6-17-31-63)89-86(91-87)64-32-18-7-19-33-64)56-73(72)69-42-50-80(93-83-48-40-67(60-26-12-4-13-27-60)53-77(83)78-54-68(41-49-84(78)93)61-28-14-5-15-29-61)74(55-69)62-35-43-71(44-36-62)92-81-46-38-65(58-22-8-2-9-23-58)51-75(81)76-52-66(39-47-82(76)92)59-24-10-3-11-25-59/h2-56H,1H3. The minimum Gasteiger partial charge on any atom is -0.309 e. The number of nitrogens with zero attached hydrogens (tertiary/aromatic N) is 6. The van der Waals surface area contributed by atoms with E-state index in [-0.39, 0.29) is 0 Å². The van der Waals surface area contributed by atoms with E-state index in [1.807, 2.05) is 36.4 Å². The number of pyridine rings is 1. The largest absolute Gasteiger partial charge is 0.309 e. The summed E-state index contributed by atoms with van der Waals surface area (Å²) in [7, 11) is 0. The number of rotatable bonds is 12. The summed E-state index contributed by atoms with van der Waals surface area (Å²) in [4.78, 5) is 20.7. The van der Waals surface area contributed by atoms with Crippen LogP contribution in [0, 0.1) is 6.92 Å². The zero-order valence-electron chi connectivity index (χ0n) is 50.9. The number of aromatic nitrogens is 6. The third-order valence-corrected chi connectivity index (χ3v) is 18.1. The van der Waals surface area contributed by atoms with Crippen LogP contribution in [0.4, 0.5) is 0 Å². The fourth-order valence-corrected chi connectivity index (χ4v) is 13.5. The van der Waals surface area contributed by atoms with Crippen LogP contribution in [-0.4, -0.2) is 29.1 Å². The van der Waals surface area contributed by atoms with Gasteiger partial charge in [-0.05, 0) is 159 Å². The molecule has 0 fully saturated rings. The van der Waals surface area contributed by atoms with E-state index in [4.69, 9.17) is 19.9 Å². The first-order valence-electron chi connectivity index (χ1n) is 31.6. The topological polar surface area (TPSA) is 61.4 Å². The first-order chi connectivity index (χ1) is 46.0. The molecule has 6 nitrogen and oxygen atoms in total. The zero-order valence-corrected chi connectivity index (χ0v) is 50.9. The van der Waals surface area contributed by atoms with Crippen molar-refractivity contribution in [2.75, 3.05) is 0 Å². The molecular weight excluding hydrogens is 1130 g/mol. The predicted molar refractivity (Wildman–Crippen MR) is 385 cm³/mol. The molecule has 17 aromatic rings. The quantitative estimate of drug-likeness (QED) is 0.122. The van der Waals surface area contributed by atoms with E-state index in [9.17, 15) is 0 Å². The SMILES string of the molecule is Cc1cccc(-c2ccc(-c3nc(-c4ccccc4)nc(-c4ccccc4)n3)cc2-c2ccc(-n3c4ccc(-c5ccccc5)cc4c4cc(-c5ccccc5)ccc43)c(-c3ccc(-n4c5ccc(-c6ccccc6)cc5c5cc(-c6ccccc6)ccc54)cc3)c2)n1. The van der Waals surface area contributed by atoms with Crippen LogP contribution in [0.2, 0.25) is 0 Å². The summed E-state index contributed by atoms with van der Waals surface area (Å²) in [6, 6.07) is 120. The Labute approximate surface area is 539 Å². The average molecular weight is 1190 g/mol. The van der Waals surface area contributed by atoms with Gasteiger partial charge in [-0.3, -0.25) is 4.98 Å². The summed E-state index contributed by atoms with van der Waals surface area (Å²) in [5, 5.41) is 4.75. The van der Waals surface area contributed by atoms with Crippen molar-refractivity contribution in [2.45, 2.75) is 6.92 Å². The minimum absolute atomic E-state index is 0.577. The summed E-state index contributed by atoms with van der Waals surface area (Å²) < 4.78 is 4.90. The van der Waals surface area contributed by atoms with Gasteiger partial charge in [-0.2, -0.15) is 0 Å². The number of hydrogen-bond donors (Lipinski definition) is 0. The highest BCUT2D eigenvalue weighted by Gasteiger charge is 2.23. The molecule has 0 N–H and O–H groups in total. The van der Waals surface area contributed by atoms with Crippen molar-refractivity contribution in [3.8, 4) is 124 Å². The van der Waals surface area contributed by atoms with Crippen molar-refractivity contribution in [1.29, 1.82) is 0 Å². The fraction of sp³-hybridized carbons (Fsp3) is 0.0115. The lowest BCUT2D eigenvalue weighted by Crippen LogP contribution is -2.01. The number of benzene rings is 13. The molecule has 4 heterocycles. The molecule has 6 heteroatoms. The van der Waals surface area contributed by atoms with E-state index in [1.54, 1.807) is 0 Å². The van der Waals surface area contributed by atoms with Gasteiger partial charge >= 0.3 is 0 Å². The van der Waals surface area contributed by atoms with Gasteiger partial charge in [0.2, 0.25) is 0 Å². The molecule has 0 saturated carbocycles. The van der Waals surface area contributed by atoms with Crippen LogP contribution >= 0.6 is 0 Å². The maximum atomic E-state index is 5.23. The third-order valence-electron chi connectivity index (χ3n) is 18.1. The number of fused-ring (bicyclic) bond motifs is 6. The van der Waals surface area contributed by atoms with Crippen LogP contribution in [-0.2, 0) is 0 Å². The van der Waals surface area contributed by atoms with Gasteiger partial charge in [0.15, 0.2) is 17.5 Å². The highest BCUT2D eigenvalue weighted by molar-refractivity contribution is 6.13. The van der Waals surface area contributed by atoms with Gasteiger partial charge in [0.25, 0.3) is 0 Å². The molecule has 436 valence electrons. The summed E-state index contributed by atoms with van der Waals surface area (Å²) in [6.45, 7) is 2.05. The highest BCUT2D eigenvalue weighted by atomic mass is 15.0. The Hall–Kier alpha value is -12.4. The molecule has 0 aliphatic heterocycles. The summed E-state index contributed by atoms with van der Waals surface area (Å²) >= 11 is 0. The third kappa shape index (κ3) is 10.1. The molecule has 0 unspecified atom stereocenters. The fourth-order valence-electron chi connectivity index (χ4n) is 13.5. The minimum atomic E-state index is 0.577. The van der Waals surface area contributed by atoms with Crippen LogP contribution in [0.3, 0.4) is 0 Å². The Morgan fingerprint density at radius 1 is 0.215 bits per heavy atom. The molecule has 0 atom stereocenters. The van der Waals surface area contributed by atoms with Crippen molar-refractivity contribution in [2.24, 2.45) is 0 Å². The highest BCUT2D eigenvalue weighted by Crippen LogP contribution is 2.45. The molecular formula is C87H58N6. The summed E-state index contributed by atoms with van der Waals surface area (Å²) in [6.07, 6.45) is 0. The second-order valence-corrected chi connectivity index (χ2v) is 23.8. The Morgan fingerprint density at radius 3 is 0.989 bits per heavy atom. The van der Waals surface area contributed by atoms with E-state index in [0.717, 1.165) is 100 Å². The van der Waals surface area contributed by atoms with E-state index in [2.05, 4.69) is 313 Å².